The van der Waals surface area contributed by atoms with Gasteiger partial charge in [-0.2, -0.15) is 0 Å². The number of halogens is 3. The standard InChI is InChI=1S/C17H14BrF2NO/c1-2-3-16(11-8-13(19)10-14(20)9-11)17(22)21-15-6-4-12(18)5-7-15/h2,4-10,16H,1,3H2,(H,21,22). The molecule has 1 unspecified atom stereocenters. The Morgan fingerprint density at radius 3 is 2.32 bits per heavy atom. The number of benzene rings is 2. The van der Waals surface area contributed by atoms with E-state index in [9.17, 15) is 13.6 Å². The first-order valence-corrected chi connectivity index (χ1v) is 7.42. The van der Waals surface area contributed by atoms with Crippen molar-refractivity contribution in [3.63, 3.8) is 0 Å². The largest absolute Gasteiger partial charge is 0.326 e. The highest BCUT2D eigenvalue weighted by atomic mass is 79.9. The molecule has 22 heavy (non-hydrogen) atoms. The summed E-state index contributed by atoms with van der Waals surface area (Å²) < 4.78 is 27.6. The molecule has 0 bridgehead atoms. The number of hydrogen-bond donors (Lipinski definition) is 1. The molecule has 5 heteroatoms. The average Bonchev–Trinajstić information content (AvgIpc) is 2.46. The second kappa shape index (κ2) is 7.31. The zero-order valence-corrected chi connectivity index (χ0v) is 13.2. The Morgan fingerprint density at radius 2 is 1.77 bits per heavy atom. The van der Waals surface area contributed by atoms with E-state index in [2.05, 4.69) is 27.8 Å². The zero-order valence-electron chi connectivity index (χ0n) is 11.7. The van der Waals surface area contributed by atoms with Crippen LogP contribution in [0.15, 0.2) is 59.6 Å². The molecular formula is C17H14BrF2NO. The molecule has 1 atom stereocenters. The normalized spacial score (nSPS) is 11.8. The van der Waals surface area contributed by atoms with Crippen LogP contribution in [0.25, 0.3) is 0 Å². The fourth-order valence-corrected chi connectivity index (χ4v) is 2.36. The minimum atomic E-state index is -0.708. The molecule has 2 nitrogen and oxygen atoms in total. The van der Waals surface area contributed by atoms with Crippen molar-refractivity contribution in [1.82, 2.24) is 0 Å². The molecular weight excluding hydrogens is 352 g/mol. The van der Waals surface area contributed by atoms with Crippen molar-refractivity contribution in [2.45, 2.75) is 12.3 Å². The topological polar surface area (TPSA) is 29.1 Å². The number of carbonyl (C=O) groups is 1. The van der Waals surface area contributed by atoms with E-state index in [0.29, 0.717) is 5.69 Å². The summed E-state index contributed by atoms with van der Waals surface area (Å²) in [5.74, 6) is -2.46. The van der Waals surface area contributed by atoms with Crippen molar-refractivity contribution in [2.24, 2.45) is 0 Å². The lowest BCUT2D eigenvalue weighted by molar-refractivity contribution is -0.117. The lowest BCUT2D eigenvalue weighted by Crippen LogP contribution is -2.21. The van der Waals surface area contributed by atoms with Crippen LogP contribution in [-0.4, -0.2) is 5.91 Å². The van der Waals surface area contributed by atoms with Crippen molar-refractivity contribution in [1.29, 1.82) is 0 Å². The summed E-state index contributed by atoms with van der Waals surface area (Å²) in [5.41, 5.74) is 0.895. The molecule has 2 aromatic carbocycles. The Hall–Kier alpha value is -2.01. The molecule has 0 aliphatic carbocycles. The van der Waals surface area contributed by atoms with E-state index in [1.807, 2.05) is 0 Å². The first-order valence-electron chi connectivity index (χ1n) is 6.63. The minimum absolute atomic E-state index is 0.283. The van der Waals surface area contributed by atoms with Crippen molar-refractivity contribution in [2.75, 3.05) is 5.32 Å². The van der Waals surface area contributed by atoms with Gasteiger partial charge in [0.25, 0.3) is 0 Å². The second-order valence-corrected chi connectivity index (χ2v) is 5.69. The molecule has 1 amide bonds. The minimum Gasteiger partial charge on any atom is -0.326 e. The van der Waals surface area contributed by atoms with E-state index in [1.54, 1.807) is 30.3 Å². The monoisotopic (exact) mass is 365 g/mol. The van der Waals surface area contributed by atoms with Crippen molar-refractivity contribution in [3.05, 3.63) is 76.8 Å². The van der Waals surface area contributed by atoms with E-state index < -0.39 is 17.6 Å². The number of allylic oxidation sites excluding steroid dienone is 1. The third kappa shape index (κ3) is 4.24. The van der Waals surface area contributed by atoms with Gasteiger partial charge in [0.2, 0.25) is 5.91 Å². The number of amides is 1. The zero-order chi connectivity index (χ0) is 16.1. The Morgan fingerprint density at radius 1 is 1.18 bits per heavy atom. The van der Waals surface area contributed by atoms with Crippen molar-refractivity contribution in [3.8, 4) is 0 Å². The lowest BCUT2D eigenvalue weighted by atomic mass is 9.94. The third-order valence-corrected chi connectivity index (χ3v) is 3.65. The summed E-state index contributed by atoms with van der Waals surface area (Å²) in [6.07, 6.45) is 1.83. The number of hydrogen-bond acceptors (Lipinski definition) is 1. The van der Waals surface area contributed by atoms with Crippen LogP contribution in [0.3, 0.4) is 0 Å². The molecule has 0 aliphatic heterocycles. The molecule has 0 saturated heterocycles. The molecule has 2 rings (SSSR count). The number of carbonyl (C=O) groups excluding carboxylic acids is 1. The van der Waals surface area contributed by atoms with Gasteiger partial charge in [0.05, 0.1) is 5.92 Å². The Balaban J connectivity index is 2.24. The van der Waals surface area contributed by atoms with Crippen LogP contribution < -0.4 is 5.32 Å². The van der Waals surface area contributed by atoms with Crippen LogP contribution in [0.1, 0.15) is 17.9 Å². The van der Waals surface area contributed by atoms with Gasteiger partial charge in [-0.3, -0.25) is 4.79 Å². The van der Waals surface area contributed by atoms with Gasteiger partial charge in [0.15, 0.2) is 0 Å². The number of rotatable bonds is 5. The highest BCUT2D eigenvalue weighted by Crippen LogP contribution is 2.24. The van der Waals surface area contributed by atoms with Gasteiger partial charge in [-0.15, -0.1) is 6.58 Å². The van der Waals surface area contributed by atoms with Crippen LogP contribution in [-0.2, 0) is 4.79 Å². The SMILES string of the molecule is C=CCC(C(=O)Nc1ccc(Br)cc1)c1cc(F)cc(F)c1. The average molecular weight is 366 g/mol. The first-order chi connectivity index (χ1) is 10.5. The van der Waals surface area contributed by atoms with Crippen molar-refractivity contribution < 1.29 is 13.6 Å². The summed E-state index contributed by atoms with van der Waals surface area (Å²) in [4.78, 5) is 12.4. The van der Waals surface area contributed by atoms with Crippen LogP contribution in [0.4, 0.5) is 14.5 Å². The summed E-state index contributed by atoms with van der Waals surface area (Å²) in [7, 11) is 0. The van der Waals surface area contributed by atoms with Crippen LogP contribution in [0.5, 0.6) is 0 Å². The Kier molecular flexibility index (Phi) is 5.44. The van der Waals surface area contributed by atoms with Crippen LogP contribution in [0.2, 0.25) is 0 Å². The highest BCUT2D eigenvalue weighted by molar-refractivity contribution is 9.10. The van der Waals surface area contributed by atoms with Gasteiger partial charge in [-0.05, 0) is 48.4 Å². The van der Waals surface area contributed by atoms with Gasteiger partial charge in [-0.1, -0.05) is 22.0 Å². The predicted molar refractivity (Wildman–Crippen MR) is 86.7 cm³/mol. The molecule has 0 aromatic heterocycles. The van der Waals surface area contributed by atoms with Gasteiger partial charge < -0.3 is 5.32 Å². The maximum Gasteiger partial charge on any atom is 0.232 e. The van der Waals surface area contributed by atoms with Crippen LogP contribution in [0, 0.1) is 11.6 Å². The maximum absolute atomic E-state index is 13.4. The molecule has 0 fully saturated rings. The summed E-state index contributed by atoms with van der Waals surface area (Å²) in [6, 6.07) is 10.2. The molecule has 0 spiro atoms. The quantitative estimate of drug-likeness (QED) is 0.740. The summed E-state index contributed by atoms with van der Waals surface area (Å²) >= 11 is 3.31. The van der Waals surface area contributed by atoms with E-state index in [4.69, 9.17) is 0 Å². The number of nitrogens with one attached hydrogen (secondary N) is 1. The van der Waals surface area contributed by atoms with E-state index in [1.165, 1.54) is 12.1 Å². The first kappa shape index (κ1) is 16.4. The molecule has 114 valence electrons. The molecule has 1 N–H and O–H groups in total. The molecule has 0 heterocycles. The molecule has 0 aliphatic rings. The third-order valence-electron chi connectivity index (χ3n) is 3.12. The fourth-order valence-electron chi connectivity index (χ4n) is 2.10. The number of anilines is 1. The van der Waals surface area contributed by atoms with Crippen LogP contribution >= 0.6 is 15.9 Å². The lowest BCUT2D eigenvalue weighted by Gasteiger charge is -2.16. The van der Waals surface area contributed by atoms with Gasteiger partial charge >= 0.3 is 0 Å². The summed E-state index contributed by atoms with van der Waals surface area (Å²) in [6.45, 7) is 3.60. The van der Waals surface area contributed by atoms with Gasteiger partial charge in [0, 0.05) is 16.2 Å². The predicted octanol–water partition coefficient (Wildman–Crippen LogP) is 5.03. The fraction of sp³-hybridized carbons (Fsp3) is 0.118. The second-order valence-electron chi connectivity index (χ2n) is 4.78. The van der Waals surface area contributed by atoms with Gasteiger partial charge in [0.1, 0.15) is 11.6 Å². The van der Waals surface area contributed by atoms with E-state index >= 15 is 0 Å². The Bertz CT molecular complexity index is 665. The maximum atomic E-state index is 13.4. The molecule has 0 radical (unpaired) electrons. The van der Waals surface area contributed by atoms with Gasteiger partial charge in [-0.25, -0.2) is 8.78 Å². The smallest absolute Gasteiger partial charge is 0.232 e. The summed E-state index contributed by atoms with van der Waals surface area (Å²) in [5, 5.41) is 2.74. The highest BCUT2D eigenvalue weighted by Gasteiger charge is 2.21. The molecule has 2 aromatic rings. The van der Waals surface area contributed by atoms with Crippen molar-refractivity contribution >= 4 is 27.5 Å². The van der Waals surface area contributed by atoms with E-state index in [-0.39, 0.29) is 17.9 Å². The molecule has 0 saturated carbocycles. The van der Waals surface area contributed by atoms with E-state index in [0.717, 1.165) is 10.5 Å². The Labute approximate surface area is 136 Å².